The Labute approximate surface area is 137 Å². The molecule has 0 aromatic heterocycles. The number of esters is 1. The van der Waals surface area contributed by atoms with Crippen molar-refractivity contribution in [3.05, 3.63) is 78.1 Å². The molecule has 0 heterocycles. The van der Waals surface area contributed by atoms with Gasteiger partial charge < -0.3 is 10.1 Å². The molecule has 0 aliphatic rings. The first kappa shape index (κ1) is 15.7. The van der Waals surface area contributed by atoms with Crippen molar-refractivity contribution in [2.45, 2.75) is 0 Å². The quantitative estimate of drug-likeness (QED) is 0.744. The SMILES string of the molecule is O=C(COC(=O)c1ccccc1F)Nc1cccc2ccccc12. The van der Waals surface area contributed by atoms with Gasteiger partial charge in [0.15, 0.2) is 6.61 Å². The van der Waals surface area contributed by atoms with Gasteiger partial charge in [-0.15, -0.1) is 0 Å². The van der Waals surface area contributed by atoms with Crippen LogP contribution in [-0.4, -0.2) is 18.5 Å². The molecule has 0 aliphatic carbocycles. The monoisotopic (exact) mass is 323 g/mol. The number of rotatable bonds is 4. The molecule has 0 spiro atoms. The summed E-state index contributed by atoms with van der Waals surface area (Å²) in [6, 6.07) is 18.6. The predicted octanol–water partition coefficient (Wildman–Crippen LogP) is 3.77. The maximum Gasteiger partial charge on any atom is 0.341 e. The lowest BCUT2D eigenvalue weighted by Crippen LogP contribution is -2.21. The third-order valence-electron chi connectivity index (χ3n) is 3.49. The number of carbonyl (C=O) groups is 2. The van der Waals surface area contributed by atoms with Crippen molar-refractivity contribution >= 4 is 28.3 Å². The normalized spacial score (nSPS) is 10.4. The second-order valence-electron chi connectivity index (χ2n) is 5.13. The summed E-state index contributed by atoms with van der Waals surface area (Å²) in [7, 11) is 0. The van der Waals surface area contributed by atoms with Crippen LogP contribution < -0.4 is 5.32 Å². The van der Waals surface area contributed by atoms with Crippen LogP contribution in [0.3, 0.4) is 0 Å². The first-order valence-electron chi connectivity index (χ1n) is 7.34. The van der Waals surface area contributed by atoms with E-state index in [-0.39, 0.29) is 5.56 Å². The average molecular weight is 323 g/mol. The third kappa shape index (κ3) is 3.41. The molecule has 0 saturated heterocycles. The fourth-order valence-electron chi connectivity index (χ4n) is 2.36. The highest BCUT2D eigenvalue weighted by Crippen LogP contribution is 2.22. The van der Waals surface area contributed by atoms with Crippen LogP contribution in [0.2, 0.25) is 0 Å². The lowest BCUT2D eigenvalue weighted by molar-refractivity contribution is -0.119. The highest BCUT2D eigenvalue weighted by Gasteiger charge is 2.14. The zero-order valence-corrected chi connectivity index (χ0v) is 12.7. The molecular formula is C19H14FNO3. The molecule has 3 aromatic carbocycles. The Morgan fingerprint density at radius 1 is 0.917 bits per heavy atom. The van der Waals surface area contributed by atoms with E-state index in [0.717, 1.165) is 16.8 Å². The van der Waals surface area contributed by atoms with Gasteiger partial charge in [0.1, 0.15) is 5.82 Å². The topological polar surface area (TPSA) is 55.4 Å². The number of ether oxygens (including phenoxy) is 1. The van der Waals surface area contributed by atoms with Crippen LogP contribution in [0.5, 0.6) is 0 Å². The zero-order chi connectivity index (χ0) is 16.9. The van der Waals surface area contributed by atoms with E-state index in [4.69, 9.17) is 4.74 Å². The van der Waals surface area contributed by atoms with Crippen LogP contribution in [0.15, 0.2) is 66.7 Å². The minimum absolute atomic E-state index is 0.199. The van der Waals surface area contributed by atoms with Gasteiger partial charge in [0.2, 0.25) is 0 Å². The van der Waals surface area contributed by atoms with E-state index in [1.807, 2.05) is 36.4 Å². The van der Waals surface area contributed by atoms with Crippen LogP contribution in [0.1, 0.15) is 10.4 Å². The Kier molecular flexibility index (Phi) is 4.52. The molecule has 0 aliphatic heterocycles. The summed E-state index contributed by atoms with van der Waals surface area (Å²) < 4.78 is 18.3. The third-order valence-corrected chi connectivity index (χ3v) is 3.49. The Morgan fingerprint density at radius 2 is 1.62 bits per heavy atom. The van der Waals surface area contributed by atoms with Gasteiger partial charge >= 0.3 is 5.97 Å². The number of hydrogen-bond acceptors (Lipinski definition) is 3. The van der Waals surface area contributed by atoms with Crippen LogP contribution >= 0.6 is 0 Å². The van der Waals surface area contributed by atoms with Crippen molar-refractivity contribution in [3.63, 3.8) is 0 Å². The van der Waals surface area contributed by atoms with Gasteiger partial charge in [-0.2, -0.15) is 0 Å². The summed E-state index contributed by atoms with van der Waals surface area (Å²) in [5.41, 5.74) is 0.426. The van der Waals surface area contributed by atoms with Crippen molar-refractivity contribution in [2.75, 3.05) is 11.9 Å². The molecule has 3 aromatic rings. The average Bonchev–Trinajstić information content (AvgIpc) is 2.60. The number of amides is 1. The summed E-state index contributed by atoms with van der Waals surface area (Å²) in [6.45, 7) is -0.490. The van der Waals surface area contributed by atoms with Crippen molar-refractivity contribution in [1.82, 2.24) is 0 Å². The Balaban J connectivity index is 1.66. The Hall–Kier alpha value is -3.21. The second kappa shape index (κ2) is 6.91. The van der Waals surface area contributed by atoms with Gasteiger partial charge in [-0.05, 0) is 23.6 Å². The van der Waals surface area contributed by atoms with Crippen LogP contribution in [-0.2, 0) is 9.53 Å². The minimum atomic E-state index is -0.874. The molecule has 0 saturated carbocycles. The van der Waals surface area contributed by atoms with E-state index in [1.165, 1.54) is 18.2 Å². The summed E-state index contributed by atoms with van der Waals surface area (Å²) in [5.74, 6) is -2.05. The summed E-state index contributed by atoms with van der Waals surface area (Å²) in [6.07, 6.45) is 0. The van der Waals surface area contributed by atoms with Gasteiger partial charge in [-0.25, -0.2) is 9.18 Å². The number of carbonyl (C=O) groups excluding carboxylic acids is 2. The fourth-order valence-corrected chi connectivity index (χ4v) is 2.36. The number of fused-ring (bicyclic) bond motifs is 1. The number of halogens is 1. The van der Waals surface area contributed by atoms with Crippen molar-refractivity contribution < 1.29 is 18.7 Å². The molecule has 1 N–H and O–H groups in total. The first-order valence-corrected chi connectivity index (χ1v) is 7.34. The lowest BCUT2D eigenvalue weighted by atomic mass is 10.1. The van der Waals surface area contributed by atoms with Crippen LogP contribution in [0.25, 0.3) is 10.8 Å². The molecule has 0 atom stereocenters. The predicted molar refractivity (Wildman–Crippen MR) is 89.3 cm³/mol. The van der Waals surface area contributed by atoms with Crippen molar-refractivity contribution in [3.8, 4) is 0 Å². The zero-order valence-electron chi connectivity index (χ0n) is 12.7. The molecular weight excluding hydrogens is 309 g/mol. The summed E-state index contributed by atoms with van der Waals surface area (Å²) in [4.78, 5) is 23.8. The van der Waals surface area contributed by atoms with Gasteiger partial charge in [0, 0.05) is 11.1 Å². The first-order chi connectivity index (χ1) is 11.6. The number of anilines is 1. The molecule has 0 unspecified atom stereocenters. The lowest BCUT2D eigenvalue weighted by Gasteiger charge is -2.09. The minimum Gasteiger partial charge on any atom is -0.452 e. The fraction of sp³-hybridized carbons (Fsp3) is 0.0526. The Bertz CT molecular complexity index is 903. The molecule has 24 heavy (non-hydrogen) atoms. The highest BCUT2D eigenvalue weighted by atomic mass is 19.1. The second-order valence-corrected chi connectivity index (χ2v) is 5.13. The summed E-state index contributed by atoms with van der Waals surface area (Å²) >= 11 is 0. The van der Waals surface area contributed by atoms with E-state index < -0.39 is 24.3 Å². The number of hydrogen-bond donors (Lipinski definition) is 1. The van der Waals surface area contributed by atoms with E-state index in [2.05, 4.69) is 5.32 Å². The largest absolute Gasteiger partial charge is 0.452 e. The molecule has 5 heteroatoms. The maximum atomic E-state index is 13.5. The van der Waals surface area contributed by atoms with Gasteiger partial charge in [0.25, 0.3) is 5.91 Å². The molecule has 0 bridgehead atoms. The van der Waals surface area contributed by atoms with E-state index >= 15 is 0 Å². The Morgan fingerprint density at radius 3 is 2.46 bits per heavy atom. The standard InChI is InChI=1S/C19H14FNO3/c20-16-10-4-3-9-15(16)19(23)24-12-18(22)21-17-11-5-7-13-6-1-2-8-14(13)17/h1-11H,12H2,(H,21,22). The van der Waals surface area contributed by atoms with E-state index in [1.54, 1.807) is 6.07 Å². The number of benzene rings is 3. The van der Waals surface area contributed by atoms with Crippen molar-refractivity contribution in [1.29, 1.82) is 0 Å². The summed E-state index contributed by atoms with van der Waals surface area (Å²) in [5, 5.41) is 4.56. The van der Waals surface area contributed by atoms with E-state index in [9.17, 15) is 14.0 Å². The van der Waals surface area contributed by atoms with Gasteiger partial charge in [-0.3, -0.25) is 4.79 Å². The van der Waals surface area contributed by atoms with Crippen LogP contribution in [0, 0.1) is 5.82 Å². The molecule has 0 fully saturated rings. The molecule has 0 radical (unpaired) electrons. The van der Waals surface area contributed by atoms with Crippen molar-refractivity contribution in [2.24, 2.45) is 0 Å². The smallest absolute Gasteiger partial charge is 0.341 e. The molecule has 120 valence electrons. The van der Waals surface area contributed by atoms with Gasteiger partial charge in [-0.1, -0.05) is 48.5 Å². The van der Waals surface area contributed by atoms with E-state index in [0.29, 0.717) is 5.69 Å². The maximum absolute atomic E-state index is 13.5. The van der Waals surface area contributed by atoms with Crippen LogP contribution in [0.4, 0.5) is 10.1 Å². The molecule has 1 amide bonds. The van der Waals surface area contributed by atoms with Gasteiger partial charge in [0.05, 0.1) is 5.56 Å². The molecule has 4 nitrogen and oxygen atoms in total. The molecule has 3 rings (SSSR count). The number of nitrogens with one attached hydrogen (secondary N) is 1. The highest BCUT2D eigenvalue weighted by molar-refractivity contribution is 6.03.